The number of thiophene rings is 1. The van der Waals surface area contributed by atoms with Crippen molar-refractivity contribution >= 4 is 34.2 Å². The van der Waals surface area contributed by atoms with Crippen molar-refractivity contribution in [3.05, 3.63) is 16.5 Å². The highest BCUT2D eigenvalue weighted by Crippen LogP contribution is 2.38. The molecule has 0 bridgehead atoms. The zero-order chi connectivity index (χ0) is 18.6. The van der Waals surface area contributed by atoms with Gasteiger partial charge in [0.15, 0.2) is 6.61 Å². The molecule has 1 aromatic rings. The number of rotatable bonds is 8. The lowest BCUT2D eigenvalue weighted by Gasteiger charge is -2.10. The Morgan fingerprint density at radius 3 is 2.56 bits per heavy atom. The lowest BCUT2D eigenvalue weighted by atomic mass is 10.0. The van der Waals surface area contributed by atoms with Gasteiger partial charge in [-0.1, -0.05) is 20.8 Å². The molecule has 7 heteroatoms. The van der Waals surface area contributed by atoms with Gasteiger partial charge in [-0.25, -0.2) is 4.79 Å². The van der Waals surface area contributed by atoms with E-state index in [1.165, 1.54) is 11.3 Å². The van der Waals surface area contributed by atoms with Gasteiger partial charge in [-0.05, 0) is 42.5 Å². The van der Waals surface area contributed by atoms with E-state index in [1.807, 2.05) is 12.3 Å². The zero-order valence-electron chi connectivity index (χ0n) is 15.1. The fourth-order valence-electron chi connectivity index (χ4n) is 2.56. The second kappa shape index (κ2) is 8.47. The molecule has 138 valence electrons. The van der Waals surface area contributed by atoms with Gasteiger partial charge < -0.3 is 14.8 Å². The number of amides is 1. The minimum absolute atomic E-state index is 0.0812. The first-order valence-corrected chi connectivity index (χ1v) is 9.45. The van der Waals surface area contributed by atoms with Crippen LogP contribution in [0.5, 0.6) is 0 Å². The standard InChI is InChI=1S/C18H25NO5S/c1-5-23-18(22)15-12(6-10(2)3)9-25-16(15)19-14(20)8-24-17(21)13-7-11(13)4/h9-11,13H,5-8H2,1-4H3,(H,19,20)/t11-,13-/m0/s1. The van der Waals surface area contributed by atoms with Crippen LogP contribution in [0.15, 0.2) is 5.38 Å². The summed E-state index contributed by atoms with van der Waals surface area (Å²) in [7, 11) is 0. The first-order chi connectivity index (χ1) is 11.8. The highest BCUT2D eigenvalue weighted by Gasteiger charge is 2.40. The molecule has 0 radical (unpaired) electrons. The molecule has 1 saturated carbocycles. The molecule has 1 fully saturated rings. The van der Waals surface area contributed by atoms with Crippen LogP contribution in [-0.4, -0.2) is 31.1 Å². The monoisotopic (exact) mass is 367 g/mol. The first-order valence-electron chi connectivity index (χ1n) is 8.57. The molecule has 0 spiro atoms. The van der Waals surface area contributed by atoms with Gasteiger partial charge in [-0.15, -0.1) is 11.3 Å². The number of anilines is 1. The molecular formula is C18H25NO5S. The first kappa shape index (κ1) is 19.4. The highest BCUT2D eigenvalue weighted by atomic mass is 32.1. The van der Waals surface area contributed by atoms with Gasteiger partial charge in [0.25, 0.3) is 5.91 Å². The maximum Gasteiger partial charge on any atom is 0.341 e. The van der Waals surface area contributed by atoms with Gasteiger partial charge in [0.05, 0.1) is 18.1 Å². The van der Waals surface area contributed by atoms with Gasteiger partial charge >= 0.3 is 11.9 Å². The van der Waals surface area contributed by atoms with Gasteiger partial charge in [-0.2, -0.15) is 0 Å². The molecule has 0 aromatic carbocycles. The summed E-state index contributed by atoms with van der Waals surface area (Å²) in [6.45, 7) is 7.75. The molecule has 0 unspecified atom stereocenters. The second-order valence-corrected chi connectivity index (χ2v) is 7.64. The summed E-state index contributed by atoms with van der Waals surface area (Å²) in [6, 6.07) is 0. The summed E-state index contributed by atoms with van der Waals surface area (Å²) in [5.41, 5.74) is 1.26. The van der Waals surface area contributed by atoms with Crippen molar-refractivity contribution in [2.45, 2.75) is 40.5 Å². The van der Waals surface area contributed by atoms with Crippen molar-refractivity contribution in [2.24, 2.45) is 17.8 Å². The van der Waals surface area contributed by atoms with E-state index < -0.39 is 11.9 Å². The number of carbonyl (C=O) groups excluding carboxylic acids is 3. The van der Waals surface area contributed by atoms with Crippen LogP contribution in [0.25, 0.3) is 0 Å². The average molecular weight is 367 g/mol. The SMILES string of the molecule is CCOC(=O)c1c(CC(C)C)csc1NC(=O)COC(=O)[C@H]1C[C@@H]1C. The summed E-state index contributed by atoms with van der Waals surface area (Å²) in [5.74, 6) is -0.611. The molecule has 0 saturated heterocycles. The summed E-state index contributed by atoms with van der Waals surface area (Å²) in [4.78, 5) is 36.0. The normalized spacial score (nSPS) is 18.8. The van der Waals surface area contributed by atoms with Gasteiger partial charge in [0.1, 0.15) is 5.00 Å². The topological polar surface area (TPSA) is 81.7 Å². The molecule has 1 aliphatic rings. The summed E-state index contributed by atoms with van der Waals surface area (Å²) >= 11 is 1.28. The smallest absolute Gasteiger partial charge is 0.341 e. The summed E-state index contributed by atoms with van der Waals surface area (Å²) < 4.78 is 10.1. The van der Waals surface area contributed by atoms with Gasteiger partial charge in [0.2, 0.25) is 0 Å². The molecule has 1 aliphatic carbocycles. The molecule has 1 N–H and O–H groups in total. The Morgan fingerprint density at radius 1 is 1.32 bits per heavy atom. The largest absolute Gasteiger partial charge is 0.462 e. The molecule has 2 rings (SSSR count). The Balaban J connectivity index is 2.01. The van der Waals surface area contributed by atoms with Crippen LogP contribution < -0.4 is 5.32 Å². The van der Waals surface area contributed by atoms with Gasteiger partial charge in [0, 0.05) is 0 Å². The molecule has 2 atom stereocenters. The summed E-state index contributed by atoms with van der Waals surface area (Å²) in [5, 5.41) is 4.97. The number of ether oxygens (including phenoxy) is 2. The highest BCUT2D eigenvalue weighted by molar-refractivity contribution is 7.15. The van der Waals surface area contributed by atoms with Crippen LogP contribution in [0.4, 0.5) is 5.00 Å². The Kier molecular flexibility index (Phi) is 6.58. The third-order valence-electron chi connectivity index (χ3n) is 3.99. The molecule has 6 nitrogen and oxygen atoms in total. The summed E-state index contributed by atoms with van der Waals surface area (Å²) in [6.07, 6.45) is 1.53. The van der Waals surface area contributed by atoms with Crippen LogP contribution in [0, 0.1) is 17.8 Å². The van der Waals surface area contributed by atoms with Crippen molar-refractivity contribution in [3.8, 4) is 0 Å². The number of hydrogen-bond acceptors (Lipinski definition) is 6. The zero-order valence-corrected chi connectivity index (χ0v) is 15.9. The molecule has 0 aliphatic heterocycles. The Hall–Kier alpha value is -1.89. The van der Waals surface area contributed by atoms with E-state index in [2.05, 4.69) is 19.2 Å². The van der Waals surface area contributed by atoms with Crippen LogP contribution in [0.1, 0.15) is 50.0 Å². The number of esters is 2. The van der Waals surface area contributed by atoms with Crippen molar-refractivity contribution in [3.63, 3.8) is 0 Å². The Morgan fingerprint density at radius 2 is 2.00 bits per heavy atom. The minimum atomic E-state index is -0.454. The van der Waals surface area contributed by atoms with Crippen LogP contribution in [0.3, 0.4) is 0 Å². The van der Waals surface area contributed by atoms with Crippen LogP contribution >= 0.6 is 11.3 Å². The molecular weight excluding hydrogens is 342 g/mol. The fourth-order valence-corrected chi connectivity index (χ4v) is 3.54. The lowest BCUT2D eigenvalue weighted by Crippen LogP contribution is -2.22. The van der Waals surface area contributed by atoms with E-state index in [9.17, 15) is 14.4 Å². The predicted octanol–water partition coefficient (Wildman–Crippen LogP) is 3.26. The van der Waals surface area contributed by atoms with E-state index in [1.54, 1.807) is 6.92 Å². The molecule has 25 heavy (non-hydrogen) atoms. The quantitative estimate of drug-likeness (QED) is 0.713. The fraction of sp³-hybridized carbons (Fsp3) is 0.611. The van der Waals surface area contributed by atoms with Crippen LogP contribution in [-0.2, 0) is 25.5 Å². The van der Waals surface area contributed by atoms with Crippen molar-refractivity contribution in [1.82, 2.24) is 0 Å². The van der Waals surface area contributed by atoms with Crippen molar-refractivity contribution in [1.29, 1.82) is 0 Å². The molecule has 1 aromatic heterocycles. The minimum Gasteiger partial charge on any atom is -0.462 e. The Labute approximate surface area is 151 Å². The second-order valence-electron chi connectivity index (χ2n) is 6.76. The van der Waals surface area contributed by atoms with Gasteiger partial charge in [-0.3, -0.25) is 9.59 Å². The maximum absolute atomic E-state index is 12.3. The van der Waals surface area contributed by atoms with E-state index in [0.29, 0.717) is 22.4 Å². The number of hydrogen-bond donors (Lipinski definition) is 1. The lowest BCUT2D eigenvalue weighted by molar-refractivity contribution is -0.148. The third kappa shape index (κ3) is 5.29. The Bertz CT molecular complexity index is 652. The predicted molar refractivity (Wildman–Crippen MR) is 95.7 cm³/mol. The van der Waals surface area contributed by atoms with E-state index in [-0.39, 0.29) is 25.1 Å². The van der Waals surface area contributed by atoms with E-state index >= 15 is 0 Å². The third-order valence-corrected chi connectivity index (χ3v) is 4.93. The molecule has 1 heterocycles. The van der Waals surface area contributed by atoms with Crippen molar-refractivity contribution in [2.75, 3.05) is 18.5 Å². The number of carbonyl (C=O) groups is 3. The van der Waals surface area contributed by atoms with Crippen LogP contribution in [0.2, 0.25) is 0 Å². The van der Waals surface area contributed by atoms with E-state index in [4.69, 9.17) is 9.47 Å². The average Bonchev–Trinajstić information content (AvgIpc) is 3.14. The molecule has 1 amide bonds. The number of nitrogens with one attached hydrogen (secondary N) is 1. The maximum atomic E-state index is 12.3. The van der Waals surface area contributed by atoms with Crippen molar-refractivity contribution < 1.29 is 23.9 Å². The van der Waals surface area contributed by atoms with E-state index in [0.717, 1.165) is 18.4 Å².